The number of nitrogen functional groups attached to an aromatic ring is 1. The van der Waals surface area contributed by atoms with E-state index in [1.165, 1.54) is 6.07 Å². The topological polar surface area (TPSA) is 149 Å². The van der Waals surface area contributed by atoms with Crippen molar-refractivity contribution in [1.29, 1.82) is 0 Å². The highest BCUT2D eigenvalue weighted by atomic mass is 32.2. The van der Waals surface area contributed by atoms with E-state index in [0.717, 1.165) is 11.1 Å². The van der Waals surface area contributed by atoms with Gasteiger partial charge in [-0.25, -0.2) is 9.67 Å². The van der Waals surface area contributed by atoms with Gasteiger partial charge in [-0.1, -0.05) is 47.7 Å². The molecule has 4 rings (SSSR count). The van der Waals surface area contributed by atoms with Gasteiger partial charge in [0.1, 0.15) is 5.69 Å². The molecule has 0 saturated carbocycles. The molecule has 11 heteroatoms. The summed E-state index contributed by atoms with van der Waals surface area (Å²) in [6.45, 7) is 0.266. The average Bonchev–Trinajstić information content (AvgIpc) is 3.03. The van der Waals surface area contributed by atoms with Crippen LogP contribution in [0.2, 0.25) is 0 Å². The van der Waals surface area contributed by atoms with Gasteiger partial charge in [0.2, 0.25) is 5.95 Å². The van der Waals surface area contributed by atoms with Crippen molar-refractivity contribution in [2.75, 3.05) is 10.5 Å². The molecule has 0 fully saturated rings. The van der Waals surface area contributed by atoms with Crippen LogP contribution >= 0.6 is 0 Å². The fraction of sp³-hybridized carbons (Fsp3) is 0.0588. The zero-order valence-electron chi connectivity index (χ0n) is 14.4. The number of hydrogen-bond acceptors (Lipinski definition) is 7. The zero-order valence-corrected chi connectivity index (χ0v) is 15.2. The van der Waals surface area contributed by atoms with Gasteiger partial charge in [-0.3, -0.25) is 9.27 Å². The molecule has 0 aliphatic rings. The Hall–Kier alpha value is -3.57. The molecule has 2 heterocycles. The number of nitrogens with one attached hydrogen (secondary N) is 1. The van der Waals surface area contributed by atoms with Gasteiger partial charge < -0.3 is 5.73 Å². The van der Waals surface area contributed by atoms with E-state index in [1.807, 2.05) is 35.1 Å². The van der Waals surface area contributed by atoms with Gasteiger partial charge >= 0.3 is 10.3 Å². The molecule has 0 radical (unpaired) electrons. The predicted octanol–water partition coefficient (Wildman–Crippen LogP) is 1.73. The van der Waals surface area contributed by atoms with Crippen molar-refractivity contribution in [1.82, 2.24) is 25.0 Å². The minimum Gasteiger partial charge on any atom is -0.368 e. The molecular weight excluding hydrogens is 382 g/mol. The SMILES string of the molecule is Nc1nc(-c2ccccc2)c2nnn(Cc3cccc(NS(=O)(=O)O)c3)c2n1. The summed E-state index contributed by atoms with van der Waals surface area (Å²) >= 11 is 0. The second-order valence-electron chi connectivity index (χ2n) is 5.99. The fourth-order valence-electron chi connectivity index (χ4n) is 2.83. The number of rotatable bonds is 5. The number of benzene rings is 2. The van der Waals surface area contributed by atoms with E-state index >= 15 is 0 Å². The quantitative estimate of drug-likeness (QED) is 0.431. The fourth-order valence-corrected chi connectivity index (χ4v) is 3.26. The zero-order chi connectivity index (χ0) is 19.7. The van der Waals surface area contributed by atoms with Gasteiger partial charge in [-0.05, 0) is 17.7 Å². The molecule has 0 amide bonds. The molecule has 0 bridgehead atoms. The van der Waals surface area contributed by atoms with E-state index in [-0.39, 0.29) is 18.2 Å². The Morgan fingerprint density at radius 2 is 1.86 bits per heavy atom. The summed E-state index contributed by atoms with van der Waals surface area (Å²) in [6, 6.07) is 16.0. The summed E-state index contributed by atoms with van der Waals surface area (Å²) in [5.74, 6) is 0.0942. The monoisotopic (exact) mass is 397 g/mol. The van der Waals surface area contributed by atoms with Crippen LogP contribution in [-0.4, -0.2) is 37.9 Å². The first-order valence-corrected chi connectivity index (χ1v) is 9.59. The molecule has 0 aliphatic carbocycles. The van der Waals surface area contributed by atoms with Gasteiger partial charge in [0.15, 0.2) is 11.2 Å². The van der Waals surface area contributed by atoms with Crippen molar-refractivity contribution >= 4 is 33.1 Å². The molecule has 28 heavy (non-hydrogen) atoms. The first-order chi connectivity index (χ1) is 13.4. The highest BCUT2D eigenvalue weighted by Crippen LogP contribution is 2.25. The van der Waals surface area contributed by atoms with Crippen molar-refractivity contribution < 1.29 is 13.0 Å². The second kappa shape index (κ2) is 6.87. The molecule has 0 atom stereocenters. The minimum absolute atomic E-state index is 0.0942. The Labute approximate surface area is 159 Å². The van der Waals surface area contributed by atoms with Crippen molar-refractivity contribution in [3.8, 4) is 11.3 Å². The Balaban J connectivity index is 1.73. The Morgan fingerprint density at radius 3 is 2.61 bits per heavy atom. The molecule has 4 N–H and O–H groups in total. The molecular formula is C17H15N7O3S. The van der Waals surface area contributed by atoms with Crippen molar-refractivity contribution in [3.05, 3.63) is 60.2 Å². The van der Waals surface area contributed by atoms with Crippen LogP contribution in [0.5, 0.6) is 0 Å². The van der Waals surface area contributed by atoms with Crippen LogP contribution < -0.4 is 10.5 Å². The minimum atomic E-state index is -4.35. The molecule has 0 saturated heterocycles. The van der Waals surface area contributed by atoms with Crippen LogP contribution in [0.15, 0.2) is 54.6 Å². The number of nitrogens with zero attached hydrogens (tertiary/aromatic N) is 5. The largest absolute Gasteiger partial charge is 0.368 e. The molecule has 0 spiro atoms. The van der Waals surface area contributed by atoms with E-state index in [0.29, 0.717) is 16.9 Å². The molecule has 10 nitrogen and oxygen atoms in total. The smallest absolute Gasteiger partial charge is 0.357 e. The number of anilines is 2. The van der Waals surface area contributed by atoms with Gasteiger partial charge in [0.25, 0.3) is 0 Å². The first-order valence-electron chi connectivity index (χ1n) is 8.15. The molecule has 0 unspecified atom stereocenters. The number of nitrogens with two attached hydrogens (primary N) is 1. The van der Waals surface area contributed by atoms with E-state index in [1.54, 1.807) is 22.9 Å². The number of fused-ring (bicyclic) bond motifs is 1. The van der Waals surface area contributed by atoms with Crippen LogP contribution in [-0.2, 0) is 16.8 Å². The molecule has 2 aromatic carbocycles. The van der Waals surface area contributed by atoms with Gasteiger partial charge in [-0.2, -0.15) is 13.4 Å². The average molecular weight is 397 g/mol. The Kier molecular flexibility index (Phi) is 4.37. The normalized spacial score (nSPS) is 11.6. The van der Waals surface area contributed by atoms with E-state index in [4.69, 9.17) is 10.3 Å². The van der Waals surface area contributed by atoms with Crippen LogP contribution in [0.3, 0.4) is 0 Å². The van der Waals surface area contributed by atoms with E-state index < -0.39 is 10.3 Å². The Morgan fingerprint density at radius 1 is 1.07 bits per heavy atom. The summed E-state index contributed by atoms with van der Waals surface area (Å²) < 4.78 is 34.5. The lowest BCUT2D eigenvalue weighted by Gasteiger charge is -2.07. The van der Waals surface area contributed by atoms with Crippen LogP contribution in [0, 0.1) is 0 Å². The maximum atomic E-state index is 11.0. The van der Waals surface area contributed by atoms with Crippen LogP contribution in [0.1, 0.15) is 5.56 Å². The number of aromatic nitrogens is 5. The maximum Gasteiger partial charge on any atom is 0.357 e. The summed E-state index contributed by atoms with van der Waals surface area (Å²) in [5, 5.41) is 8.34. The van der Waals surface area contributed by atoms with E-state index in [9.17, 15) is 8.42 Å². The lowest BCUT2D eigenvalue weighted by Crippen LogP contribution is -2.11. The van der Waals surface area contributed by atoms with Crippen LogP contribution in [0.25, 0.3) is 22.4 Å². The molecule has 4 aromatic rings. The van der Waals surface area contributed by atoms with Gasteiger partial charge in [0, 0.05) is 5.56 Å². The molecule has 2 aromatic heterocycles. The predicted molar refractivity (Wildman–Crippen MR) is 104 cm³/mol. The second-order valence-corrected chi connectivity index (χ2v) is 7.15. The third-order valence-corrected chi connectivity index (χ3v) is 4.43. The Bertz CT molecular complexity index is 1260. The summed E-state index contributed by atoms with van der Waals surface area (Å²) in [7, 11) is -4.35. The third-order valence-electron chi connectivity index (χ3n) is 3.93. The number of hydrogen-bond donors (Lipinski definition) is 3. The molecule has 142 valence electrons. The lowest BCUT2D eigenvalue weighted by molar-refractivity contribution is 0.489. The van der Waals surface area contributed by atoms with Crippen molar-refractivity contribution in [2.24, 2.45) is 0 Å². The summed E-state index contributed by atoms with van der Waals surface area (Å²) in [4.78, 5) is 8.55. The van der Waals surface area contributed by atoms with Crippen molar-refractivity contribution in [2.45, 2.75) is 6.54 Å². The maximum absolute atomic E-state index is 11.0. The summed E-state index contributed by atoms with van der Waals surface area (Å²) in [6.07, 6.45) is 0. The van der Waals surface area contributed by atoms with Crippen LogP contribution in [0.4, 0.5) is 11.6 Å². The standard InChI is InChI=1S/C17H15N7O3S/c18-17-19-14(12-6-2-1-3-7-12)15-16(20-17)24(23-21-15)10-11-5-4-8-13(9-11)22-28(25,26)27/h1-9,22H,10H2,(H2,18,19,20)(H,25,26,27). The highest BCUT2D eigenvalue weighted by Gasteiger charge is 2.15. The summed E-state index contributed by atoms with van der Waals surface area (Å²) in [5.41, 5.74) is 9.21. The first kappa shape index (κ1) is 17.8. The van der Waals surface area contributed by atoms with Gasteiger partial charge in [0.05, 0.1) is 12.2 Å². The molecule has 0 aliphatic heterocycles. The van der Waals surface area contributed by atoms with Gasteiger partial charge in [-0.15, -0.1) is 5.10 Å². The lowest BCUT2D eigenvalue weighted by atomic mass is 10.1. The van der Waals surface area contributed by atoms with E-state index in [2.05, 4.69) is 20.3 Å². The highest BCUT2D eigenvalue weighted by molar-refractivity contribution is 7.87. The van der Waals surface area contributed by atoms with Crippen molar-refractivity contribution in [3.63, 3.8) is 0 Å². The third kappa shape index (κ3) is 3.75.